The van der Waals surface area contributed by atoms with Gasteiger partial charge in [-0.25, -0.2) is 0 Å². The molecular formula is C15H21N. The van der Waals surface area contributed by atoms with E-state index < -0.39 is 0 Å². The summed E-state index contributed by atoms with van der Waals surface area (Å²) >= 11 is 0. The van der Waals surface area contributed by atoms with E-state index in [-0.39, 0.29) is 0 Å². The summed E-state index contributed by atoms with van der Waals surface area (Å²) in [6.07, 6.45) is 8.95. The summed E-state index contributed by atoms with van der Waals surface area (Å²) in [4.78, 5) is 4.91. The van der Waals surface area contributed by atoms with Crippen LogP contribution in [0.15, 0.2) is 0 Å². The molecule has 1 aromatic heterocycles. The zero-order valence-electron chi connectivity index (χ0n) is 10.5. The van der Waals surface area contributed by atoms with Gasteiger partial charge in [-0.1, -0.05) is 13.8 Å². The molecule has 0 aliphatic heterocycles. The first-order valence-corrected chi connectivity index (χ1v) is 6.84. The molecular weight excluding hydrogens is 194 g/mol. The Bertz CT molecular complexity index is 388. The average molecular weight is 215 g/mol. The molecule has 1 aromatic rings. The highest BCUT2D eigenvalue weighted by atomic mass is 14.7. The zero-order valence-corrected chi connectivity index (χ0v) is 10.5. The Morgan fingerprint density at radius 2 is 1.56 bits per heavy atom. The topological polar surface area (TPSA) is 12.9 Å². The van der Waals surface area contributed by atoms with E-state index in [9.17, 15) is 0 Å². The summed E-state index contributed by atoms with van der Waals surface area (Å²) in [7, 11) is 0. The van der Waals surface area contributed by atoms with E-state index >= 15 is 0 Å². The second-order valence-electron chi connectivity index (χ2n) is 5.39. The molecule has 3 rings (SSSR count). The van der Waals surface area contributed by atoms with Crippen LogP contribution >= 0.6 is 0 Å². The molecule has 0 bridgehead atoms. The number of rotatable bonds is 2. The van der Waals surface area contributed by atoms with Gasteiger partial charge in [0.05, 0.1) is 0 Å². The highest BCUT2D eigenvalue weighted by molar-refractivity contribution is 5.46. The van der Waals surface area contributed by atoms with Crippen LogP contribution in [0.25, 0.3) is 0 Å². The lowest BCUT2D eigenvalue weighted by molar-refractivity contribution is 0.711. The predicted molar refractivity (Wildman–Crippen MR) is 67.0 cm³/mol. The van der Waals surface area contributed by atoms with Gasteiger partial charge in [0, 0.05) is 11.4 Å². The molecule has 2 aliphatic rings. The van der Waals surface area contributed by atoms with Gasteiger partial charge in [0.25, 0.3) is 0 Å². The van der Waals surface area contributed by atoms with Crippen molar-refractivity contribution in [3.63, 3.8) is 0 Å². The van der Waals surface area contributed by atoms with Crippen molar-refractivity contribution < 1.29 is 0 Å². The summed E-state index contributed by atoms with van der Waals surface area (Å²) in [5, 5.41) is 0. The van der Waals surface area contributed by atoms with Crippen LogP contribution in [0.5, 0.6) is 0 Å². The minimum atomic E-state index is 0.738. The maximum atomic E-state index is 4.91. The molecule has 0 saturated heterocycles. The molecule has 0 spiro atoms. The van der Waals surface area contributed by atoms with Crippen molar-refractivity contribution in [3.05, 3.63) is 28.1 Å². The lowest BCUT2D eigenvalue weighted by Crippen LogP contribution is -2.06. The molecule has 86 valence electrons. The summed E-state index contributed by atoms with van der Waals surface area (Å²) < 4.78 is 0. The molecule has 0 fully saturated rings. The van der Waals surface area contributed by atoms with Crippen LogP contribution < -0.4 is 0 Å². The Balaban J connectivity index is 2.19. The van der Waals surface area contributed by atoms with Crippen molar-refractivity contribution in [1.82, 2.24) is 4.98 Å². The summed E-state index contributed by atoms with van der Waals surface area (Å²) in [6.45, 7) is 4.71. The first-order chi connectivity index (χ1) is 7.81. The van der Waals surface area contributed by atoms with Crippen LogP contribution in [0.2, 0.25) is 0 Å². The first-order valence-electron chi connectivity index (χ1n) is 6.84. The van der Waals surface area contributed by atoms with Gasteiger partial charge in [-0.3, -0.25) is 4.98 Å². The number of aryl methyl sites for hydroxylation is 2. The van der Waals surface area contributed by atoms with Crippen LogP contribution in [-0.2, 0) is 25.7 Å². The minimum Gasteiger partial charge on any atom is -0.257 e. The fourth-order valence-electron chi connectivity index (χ4n) is 3.43. The number of pyridine rings is 1. The Hall–Kier alpha value is -0.850. The molecule has 1 heterocycles. The van der Waals surface area contributed by atoms with Crippen LogP contribution in [0.1, 0.15) is 67.1 Å². The summed E-state index contributed by atoms with van der Waals surface area (Å²) in [5.74, 6) is 0.738. The average Bonchev–Trinajstić information content (AvgIpc) is 2.91. The standard InChI is InChI=1S/C15H21N/c1-3-10(2)15-11-6-4-8-13(11)16-14-9-5-7-12(14)15/h10H,3-9H2,1-2H3. The maximum absolute atomic E-state index is 4.91. The van der Waals surface area contributed by atoms with Crippen molar-refractivity contribution in [2.75, 3.05) is 0 Å². The largest absolute Gasteiger partial charge is 0.257 e. The maximum Gasteiger partial charge on any atom is 0.0442 e. The van der Waals surface area contributed by atoms with Gasteiger partial charge in [-0.05, 0) is 67.6 Å². The van der Waals surface area contributed by atoms with Gasteiger partial charge >= 0.3 is 0 Å². The van der Waals surface area contributed by atoms with E-state index in [1.807, 2.05) is 0 Å². The highest BCUT2D eigenvalue weighted by Crippen LogP contribution is 2.37. The van der Waals surface area contributed by atoms with Crippen LogP contribution in [0.3, 0.4) is 0 Å². The van der Waals surface area contributed by atoms with Gasteiger partial charge in [-0.2, -0.15) is 0 Å². The molecule has 0 aromatic carbocycles. The van der Waals surface area contributed by atoms with Crippen LogP contribution in [0.4, 0.5) is 0 Å². The van der Waals surface area contributed by atoms with Gasteiger partial charge in [0.2, 0.25) is 0 Å². The second kappa shape index (κ2) is 3.87. The predicted octanol–water partition coefficient (Wildman–Crippen LogP) is 3.57. The molecule has 1 heteroatoms. The van der Waals surface area contributed by atoms with Gasteiger partial charge in [0.1, 0.15) is 0 Å². The van der Waals surface area contributed by atoms with Crippen LogP contribution in [-0.4, -0.2) is 4.98 Å². The third-order valence-electron chi connectivity index (χ3n) is 4.40. The Labute approximate surface area is 98.3 Å². The zero-order chi connectivity index (χ0) is 11.1. The van der Waals surface area contributed by atoms with Crippen molar-refractivity contribution in [2.24, 2.45) is 0 Å². The number of hydrogen-bond acceptors (Lipinski definition) is 1. The molecule has 2 aliphatic carbocycles. The smallest absolute Gasteiger partial charge is 0.0442 e. The second-order valence-corrected chi connectivity index (χ2v) is 5.39. The SMILES string of the molecule is CCC(C)c1c2c(nc3c1CCC3)CCC2. The third kappa shape index (κ3) is 1.41. The molecule has 1 nitrogen and oxygen atoms in total. The fraction of sp³-hybridized carbons (Fsp3) is 0.667. The molecule has 1 atom stereocenters. The monoisotopic (exact) mass is 215 g/mol. The minimum absolute atomic E-state index is 0.738. The normalized spacial score (nSPS) is 19.6. The van der Waals surface area contributed by atoms with E-state index in [1.165, 1.54) is 56.3 Å². The molecule has 0 amide bonds. The molecule has 0 N–H and O–H groups in total. The van der Waals surface area contributed by atoms with Crippen molar-refractivity contribution in [1.29, 1.82) is 0 Å². The Morgan fingerprint density at radius 1 is 1.00 bits per heavy atom. The highest BCUT2D eigenvalue weighted by Gasteiger charge is 2.26. The first kappa shape index (κ1) is 10.3. The number of aromatic nitrogens is 1. The number of fused-ring (bicyclic) bond motifs is 2. The fourth-order valence-corrected chi connectivity index (χ4v) is 3.43. The molecule has 0 radical (unpaired) electrons. The quantitative estimate of drug-likeness (QED) is 0.735. The Morgan fingerprint density at radius 3 is 2.06 bits per heavy atom. The molecule has 1 unspecified atom stereocenters. The molecule has 0 saturated carbocycles. The van der Waals surface area contributed by atoms with E-state index in [4.69, 9.17) is 4.98 Å². The van der Waals surface area contributed by atoms with E-state index in [1.54, 1.807) is 16.7 Å². The van der Waals surface area contributed by atoms with E-state index in [0.717, 1.165) is 5.92 Å². The lowest BCUT2D eigenvalue weighted by atomic mass is 9.88. The third-order valence-corrected chi connectivity index (χ3v) is 4.40. The Kier molecular flexibility index (Phi) is 2.49. The van der Waals surface area contributed by atoms with E-state index in [2.05, 4.69) is 13.8 Å². The van der Waals surface area contributed by atoms with E-state index in [0.29, 0.717) is 0 Å². The number of hydrogen-bond donors (Lipinski definition) is 0. The molecule has 16 heavy (non-hydrogen) atoms. The van der Waals surface area contributed by atoms with Gasteiger partial charge in [-0.15, -0.1) is 0 Å². The van der Waals surface area contributed by atoms with Gasteiger partial charge in [0.15, 0.2) is 0 Å². The summed E-state index contributed by atoms with van der Waals surface area (Å²) in [5.41, 5.74) is 7.86. The van der Waals surface area contributed by atoms with Crippen molar-refractivity contribution in [2.45, 2.75) is 64.7 Å². The van der Waals surface area contributed by atoms with Crippen molar-refractivity contribution >= 4 is 0 Å². The van der Waals surface area contributed by atoms with Crippen LogP contribution in [0, 0.1) is 0 Å². The number of nitrogens with zero attached hydrogens (tertiary/aromatic N) is 1. The van der Waals surface area contributed by atoms with Crippen molar-refractivity contribution in [3.8, 4) is 0 Å². The lowest BCUT2D eigenvalue weighted by Gasteiger charge is -2.19. The summed E-state index contributed by atoms with van der Waals surface area (Å²) in [6, 6.07) is 0. The van der Waals surface area contributed by atoms with Gasteiger partial charge < -0.3 is 0 Å².